The number of aryl methyl sites for hydroxylation is 1. The number of benzene rings is 2. The summed E-state index contributed by atoms with van der Waals surface area (Å²) in [7, 11) is 1.70. The fourth-order valence-corrected chi connectivity index (χ4v) is 2.74. The zero-order chi connectivity index (χ0) is 14.5. The third-order valence-corrected chi connectivity index (χ3v) is 4.10. The van der Waals surface area contributed by atoms with Crippen molar-refractivity contribution in [2.45, 2.75) is 20.1 Å². The summed E-state index contributed by atoms with van der Waals surface area (Å²) >= 11 is 9.71. The maximum absolute atomic E-state index is 6.16. The predicted octanol–water partition coefficient (Wildman–Crippen LogP) is 5.17. The molecule has 4 heteroatoms. The summed E-state index contributed by atoms with van der Waals surface area (Å²) in [5.74, 6) is 0. The van der Waals surface area contributed by atoms with Crippen molar-refractivity contribution in [2.24, 2.45) is 0 Å². The largest absolute Gasteiger partial charge is 0.380 e. The molecule has 0 fully saturated rings. The Labute approximate surface area is 133 Å². The number of hydrogen-bond donors (Lipinski definition) is 1. The zero-order valence-corrected chi connectivity index (χ0v) is 13.9. The summed E-state index contributed by atoms with van der Waals surface area (Å²) in [6.07, 6.45) is 0. The second kappa shape index (κ2) is 7.11. The van der Waals surface area contributed by atoms with Gasteiger partial charge in [0.1, 0.15) is 0 Å². The Bertz CT molecular complexity index is 601. The van der Waals surface area contributed by atoms with Crippen LogP contribution in [0.3, 0.4) is 0 Å². The minimum Gasteiger partial charge on any atom is -0.380 e. The molecule has 0 bridgehead atoms. The van der Waals surface area contributed by atoms with E-state index >= 15 is 0 Å². The first kappa shape index (κ1) is 15.4. The molecule has 0 spiro atoms. The molecule has 0 aliphatic rings. The first-order valence-corrected chi connectivity index (χ1v) is 7.53. The first-order valence-electron chi connectivity index (χ1n) is 6.36. The average Bonchev–Trinajstić information content (AvgIpc) is 2.42. The van der Waals surface area contributed by atoms with Gasteiger partial charge in [-0.15, -0.1) is 0 Å². The zero-order valence-electron chi connectivity index (χ0n) is 11.5. The Balaban J connectivity index is 2.08. The highest BCUT2D eigenvalue weighted by atomic mass is 79.9. The van der Waals surface area contributed by atoms with Gasteiger partial charge in [-0.1, -0.05) is 35.9 Å². The molecule has 0 radical (unpaired) electrons. The summed E-state index contributed by atoms with van der Waals surface area (Å²) in [6.45, 7) is 3.37. The topological polar surface area (TPSA) is 21.3 Å². The summed E-state index contributed by atoms with van der Waals surface area (Å²) in [5.41, 5.74) is 4.44. The number of anilines is 1. The molecule has 20 heavy (non-hydrogen) atoms. The Morgan fingerprint density at radius 3 is 2.70 bits per heavy atom. The van der Waals surface area contributed by atoms with Crippen molar-refractivity contribution >= 4 is 33.2 Å². The van der Waals surface area contributed by atoms with Gasteiger partial charge >= 0.3 is 0 Å². The molecule has 0 amide bonds. The standard InChI is InChI=1S/C16H17BrClNO/c1-11-6-14(17)16(8-15(11)18)19-9-12-4-3-5-13(7-12)10-20-2/h3-8,19H,9-10H2,1-2H3. The van der Waals surface area contributed by atoms with Gasteiger partial charge in [0.05, 0.1) is 12.3 Å². The average molecular weight is 355 g/mol. The Morgan fingerprint density at radius 1 is 1.20 bits per heavy atom. The van der Waals surface area contributed by atoms with Crippen LogP contribution in [0.25, 0.3) is 0 Å². The molecule has 2 aromatic carbocycles. The lowest BCUT2D eigenvalue weighted by molar-refractivity contribution is 0.185. The highest BCUT2D eigenvalue weighted by Gasteiger charge is 2.04. The van der Waals surface area contributed by atoms with E-state index in [1.165, 1.54) is 11.1 Å². The Morgan fingerprint density at radius 2 is 1.95 bits per heavy atom. The van der Waals surface area contributed by atoms with E-state index in [9.17, 15) is 0 Å². The quantitative estimate of drug-likeness (QED) is 0.800. The number of ether oxygens (including phenoxy) is 1. The second-order valence-corrected chi connectivity index (χ2v) is 5.95. The van der Waals surface area contributed by atoms with Gasteiger partial charge in [-0.2, -0.15) is 0 Å². The molecule has 1 N–H and O–H groups in total. The molecule has 0 unspecified atom stereocenters. The monoisotopic (exact) mass is 353 g/mol. The van der Waals surface area contributed by atoms with Gasteiger partial charge < -0.3 is 10.1 Å². The van der Waals surface area contributed by atoms with Crippen molar-refractivity contribution in [1.29, 1.82) is 0 Å². The van der Waals surface area contributed by atoms with Gasteiger partial charge in [0.2, 0.25) is 0 Å². The fraction of sp³-hybridized carbons (Fsp3) is 0.250. The molecule has 2 rings (SSSR count). The molecule has 106 valence electrons. The van der Waals surface area contributed by atoms with Crippen LogP contribution in [0.1, 0.15) is 16.7 Å². The molecule has 0 aromatic heterocycles. The smallest absolute Gasteiger partial charge is 0.0713 e. The third-order valence-electron chi connectivity index (χ3n) is 3.03. The molecular formula is C16H17BrClNO. The maximum atomic E-state index is 6.16. The lowest BCUT2D eigenvalue weighted by Crippen LogP contribution is -2.01. The van der Waals surface area contributed by atoms with E-state index in [4.69, 9.17) is 16.3 Å². The first-order chi connectivity index (χ1) is 9.60. The second-order valence-electron chi connectivity index (χ2n) is 4.69. The summed E-state index contributed by atoms with van der Waals surface area (Å²) < 4.78 is 6.17. The van der Waals surface area contributed by atoms with Gasteiger partial charge in [0.25, 0.3) is 0 Å². The third kappa shape index (κ3) is 3.98. The molecule has 2 nitrogen and oxygen atoms in total. The van der Waals surface area contributed by atoms with Gasteiger partial charge in [-0.25, -0.2) is 0 Å². The highest BCUT2D eigenvalue weighted by Crippen LogP contribution is 2.29. The van der Waals surface area contributed by atoms with Crippen LogP contribution < -0.4 is 5.32 Å². The van der Waals surface area contributed by atoms with E-state index in [1.807, 2.05) is 25.1 Å². The molecule has 0 aliphatic carbocycles. The van der Waals surface area contributed by atoms with Gasteiger partial charge in [0, 0.05) is 23.1 Å². The number of rotatable bonds is 5. The van der Waals surface area contributed by atoms with Crippen LogP contribution in [0.15, 0.2) is 40.9 Å². The molecule has 0 saturated carbocycles. The minimum atomic E-state index is 0.633. The summed E-state index contributed by atoms with van der Waals surface area (Å²) in [4.78, 5) is 0. The Hall–Kier alpha value is -1.03. The van der Waals surface area contributed by atoms with Crippen molar-refractivity contribution in [3.05, 3.63) is 62.6 Å². The van der Waals surface area contributed by atoms with Crippen LogP contribution in [0.5, 0.6) is 0 Å². The highest BCUT2D eigenvalue weighted by molar-refractivity contribution is 9.10. The van der Waals surface area contributed by atoms with Crippen molar-refractivity contribution in [3.63, 3.8) is 0 Å². The lowest BCUT2D eigenvalue weighted by atomic mass is 10.1. The lowest BCUT2D eigenvalue weighted by Gasteiger charge is -2.11. The van der Waals surface area contributed by atoms with E-state index < -0.39 is 0 Å². The van der Waals surface area contributed by atoms with Crippen molar-refractivity contribution in [2.75, 3.05) is 12.4 Å². The van der Waals surface area contributed by atoms with Crippen molar-refractivity contribution < 1.29 is 4.74 Å². The fourth-order valence-electron chi connectivity index (χ4n) is 1.98. The van der Waals surface area contributed by atoms with Crippen LogP contribution in [-0.4, -0.2) is 7.11 Å². The molecule has 0 heterocycles. The number of hydrogen-bond acceptors (Lipinski definition) is 2. The molecular weight excluding hydrogens is 338 g/mol. The van der Waals surface area contributed by atoms with E-state index in [-0.39, 0.29) is 0 Å². The SMILES string of the molecule is COCc1cccc(CNc2cc(Cl)c(C)cc2Br)c1. The summed E-state index contributed by atoms with van der Waals surface area (Å²) in [5, 5.41) is 4.16. The van der Waals surface area contributed by atoms with Crippen molar-refractivity contribution in [3.8, 4) is 0 Å². The molecule has 0 saturated heterocycles. The number of nitrogens with one attached hydrogen (secondary N) is 1. The van der Waals surface area contributed by atoms with Gasteiger partial charge in [-0.3, -0.25) is 0 Å². The maximum Gasteiger partial charge on any atom is 0.0713 e. The van der Waals surface area contributed by atoms with Crippen LogP contribution in [0.4, 0.5) is 5.69 Å². The van der Waals surface area contributed by atoms with Crippen molar-refractivity contribution in [1.82, 2.24) is 0 Å². The van der Waals surface area contributed by atoms with E-state index in [0.29, 0.717) is 6.61 Å². The number of methoxy groups -OCH3 is 1. The summed E-state index contributed by atoms with van der Waals surface area (Å²) in [6, 6.07) is 12.3. The molecule has 0 aliphatic heterocycles. The normalized spacial score (nSPS) is 10.6. The van der Waals surface area contributed by atoms with Gasteiger partial charge in [0.15, 0.2) is 0 Å². The Kier molecular flexibility index (Phi) is 5.46. The minimum absolute atomic E-state index is 0.633. The van der Waals surface area contributed by atoms with Crippen LogP contribution in [0.2, 0.25) is 5.02 Å². The van der Waals surface area contributed by atoms with E-state index in [1.54, 1.807) is 7.11 Å². The van der Waals surface area contributed by atoms with E-state index in [0.717, 1.165) is 27.3 Å². The van der Waals surface area contributed by atoms with Crippen LogP contribution in [-0.2, 0) is 17.9 Å². The van der Waals surface area contributed by atoms with E-state index in [2.05, 4.69) is 39.4 Å². The number of halogens is 2. The predicted molar refractivity (Wildman–Crippen MR) is 88.4 cm³/mol. The molecule has 2 aromatic rings. The van der Waals surface area contributed by atoms with Crippen LogP contribution in [0, 0.1) is 6.92 Å². The van der Waals surface area contributed by atoms with Gasteiger partial charge in [-0.05, 0) is 51.7 Å². The molecule has 0 atom stereocenters. The van der Waals surface area contributed by atoms with Crippen LogP contribution >= 0.6 is 27.5 Å².